The topological polar surface area (TPSA) is 57.6 Å². The Morgan fingerprint density at radius 3 is 2.26 bits per heavy atom. The van der Waals surface area contributed by atoms with E-state index in [0.29, 0.717) is 5.92 Å². The zero-order chi connectivity index (χ0) is 13.6. The molecule has 4 atom stereocenters. The minimum atomic E-state index is -0.805. The predicted octanol–water partition coefficient (Wildman–Crippen LogP) is 1.77. The highest BCUT2D eigenvalue weighted by atomic mass is 16.4. The van der Waals surface area contributed by atoms with E-state index in [2.05, 4.69) is 13.0 Å². The van der Waals surface area contributed by atoms with Gasteiger partial charge in [-0.05, 0) is 37.0 Å². The number of aliphatic carboxylic acids is 1. The highest BCUT2D eigenvalue weighted by molar-refractivity contribution is 5.87. The Morgan fingerprint density at radius 2 is 1.68 bits per heavy atom. The van der Waals surface area contributed by atoms with E-state index in [-0.39, 0.29) is 23.7 Å². The molecule has 0 aromatic heterocycles. The molecule has 0 unspecified atom stereocenters. The molecule has 2 bridgehead atoms. The van der Waals surface area contributed by atoms with Crippen LogP contribution in [-0.4, -0.2) is 35.0 Å². The van der Waals surface area contributed by atoms with Crippen LogP contribution in [-0.2, 0) is 9.59 Å². The number of hydrogen-bond acceptors (Lipinski definition) is 2. The SMILES string of the molecule is CC1CCN(C(=O)[C@@H]2[C@@H](C(=O)O)[C@H]3C=C[C@H]2C3)CC1. The maximum Gasteiger partial charge on any atom is 0.307 e. The first kappa shape index (κ1) is 12.7. The van der Waals surface area contributed by atoms with Crippen molar-refractivity contribution in [3.8, 4) is 0 Å². The van der Waals surface area contributed by atoms with Crippen molar-refractivity contribution in [3.05, 3.63) is 12.2 Å². The smallest absolute Gasteiger partial charge is 0.307 e. The van der Waals surface area contributed by atoms with Gasteiger partial charge in [-0.1, -0.05) is 19.1 Å². The van der Waals surface area contributed by atoms with Crippen LogP contribution in [0.4, 0.5) is 0 Å². The summed E-state index contributed by atoms with van der Waals surface area (Å²) in [6, 6.07) is 0. The van der Waals surface area contributed by atoms with Crippen molar-refractivity contribution in [1.29, 1.82) is 0 Å². The largest absolute Gasteiger partial charge is 0.481 e. The van der Waals surface area contributed by atoms with Gasteiger partial charge in [-0.2, -0.15) is 0 Å². The van der Waals surface area contributed by atoms with Crippen molar-refractivity contribution in [3.63, 3.8) is 0 Å². The molecule has 0 aromatic carbocycles. The van der Waals surface area contributed by atoms with Crippen molar-refractivity contribution in [2.24, 2.45) is 29.6 Å². The van der Waals surface area contributed by atoms with Crippen LogP contribution in [0.3, 0.4) is 0 Å². The number of amides is 1. The van der Waals surface area contributed by atoms with Gasteiger partial charge in [0.1, 0.15) is 0 Å². The van der Waals surface area contributed by atoms with Gasteiger partial charge in [0, 0.05) is 13.1 Å². The van der Waals surface area contributed by atoms with Gasteiger partial charge in [-0.15, -0.1) is 0 Å². The number of carboxylic acids is 1. The van der Waals surface area contributed by atoms with Crippen LogP contribution in [0.15, 0.2) is 12.2 Å². The first-order valence-electron chi connectivity index (χ1n) is 7.28. The van der Waals surface area contributed by atoms with Gasteiger partial charge in [-0.25, -0.2) is 0 Å². The zero-order valence-electron chi connectivity index (χ0n) is 11.3. The summed E-state index contributed by atoms with van der Waals surface area (Å²) in [6.45, 7) is 3.80. The lowest BCUT2D eigenvalue weighted by atomic mass is 9.81. The molecule has 3 rings (SSSR count). The molecule has 1 N–H and O–H groups in total. The third-order valence-corrected chi connectivity index (χ3v) is 5.12. The van der Waals surface area contributed by atoms with Crippen LogP contribution in [0.25, 0.3) is 0 Å². The van der Waals surface area contributed by atoms with E-state index < -0.39 is 11.9 Å². The van der Waals surface area contributed by atoms with Gasteiger partial charge < -0.3 is 10.0 Å². The molecule has 1 saturated carbocycles. The molecule has 2 fully saturated rings. The summed E-state index contributed by atoms with van der Waals surface area (Å²) in [7, 11) is 0. The Hall–Kier alpha value is -1.32. The quantitative estimate of drug-likeness (QED) is 0.772. The summed E-state index contributed by atoms with van der Waals surface area (Å²) in [6.07, 6.45) is 6.97. The third-order valence-electron chi connectivity index (χ3n) is 5.12. The van der Waals surface area contributed by atoms with E-state index in [0.717, 1.165) is 32.4 Å². The molecule has 19 heavy (non-hydrogen) atoms. The van der Waals surface area contributed by atoms with Crippen LogP contribution >= 0.6 is 0 Å². The molecule has 4 nitrogen and oxygen atoms in total. The molecule has 1 saturated heterocycles. The fraction of sp³-hybridized carbons (Fsp3) is 0.733. The number of piperidine rings is 1. The molecule has 104 valence electrons. The first-order valence-corrected chi connectivity index (χ1v) is 7.28. The Kier molecular flexibility index (Phi) is 3.11. The molecular weight excluding hydrogens is 242 g/mol. The van der Waals surface area contributed by atoms with E-state index in [1.807, 2.05) is 11.0 Å². The van der Waals surface area contributed by atoms with Crippen molar-refractivity contribution >= 4 is 11.9 Å². The Balaban J connectivity index is 1.75. The molecule has 0 aromatic rings. The summed E-state index contributed by atoms with van der Waals surface area (Å²) in [5.41, 5.74) is 0. The normalized spacial score (nSPS) is 37.8. The molecule has 0 spiro atoms. The number of carbonyl (C=O) groups excluding carboxylic acids is 1. The second-order valence-electron chi connectivity index (χ2n) is 6.35. The average Bonchev–Trinajstić information content (AvgIpc) is 2.98. The summed E-state index contributed by atoms with van der Waals surface area (Å²) in [5.74, 6) is -0.642. The molecule has 1 amide bonds. The molecule has 3 aliphatic rings. The summed E-state index contributed by atoms with van der Waals surface area (Å²) in [5, 5.41) is 9.39. The number of allylic oxidation sites excluding steroid dienone is 2. The molecule has 2 aliphatic carbocycles. The number of hydrogen-bond donors (Lipinski definition) is 1. The lowest BCUT2D eigenvalue weighted by Gasteiger charge is -2.35. The number of carbonyl (C=O) groups is 2. The second kappa shape index (κ2) is 4.66. The number of likely N-dealkylation sites (tertiary alicyclic amines) is 1. The van der Waals surface area contributed by atoms with Gasteiger partial charge in [0.2, 0.25) is 5.91 Å². The van der Waals surface area contributed by atoms with Crippen LogP contribution in [0.1, 0.15) is 26.2 Å². The molecule has 1 aliphatic heterocycles. The number of carboxylic acid groups (broad SMARTS) is 1. The van der Waals surface area contributed by atoms with E-state index in [9.17, 15) is 14.7 Å². The number of fused-ring (bicyclic) bond motifs is 2. The van der Waals surface area contributed by atoms with E-state index in [4.69, 9.17) is 0 Å². The second-order valence-corrected chi connectivity index (χ2v) is 6.35. The number of nitrogens with zero attached hydrogens (tertiary/aromatic N) is 1. The van der Waals surface area contributed by atoms with Crippen molar-refractivity contribution in [2.45, 2.75) is 26.2 Å². The highest BCUT2D eigenvalue weighted by Gasteiger charge is 2.52. The van der Waals surface area contributed by atoms with Crippen LogP contribution in [0, 0.1) is 29.6 Å². The minimum absolute atomic E-state index is 0.0696. The van der Waals surface area contributed by atoms with Gasteiger partial charge in [-0.3, -0.25) is 9.59 Å². The lowest BCUT2D eigenvalue weighted by molar-refractivity contribution is -0.151. The van der Waals surface area contributed by atoms with Gasteiger partial charge in [0.05, 0.1) is 11.8 Å². The average molecular weight is 263 g/mol. The van der Waals surface area contributed by atoms with E-state index in [1.54, 1.807) is 0 Å². The lowest BCUT2D eigenvalue weighted by Crippen LogP contribution is -2.45. The Labute approximate surface area is 113 Å². The third kappa shape index (κ3) is 2.07. The summed E-state index contributed by atoms with van der Waals surface area (Å²) >= 11 is 0. The van der Waals surface area contributed by atoms with E-state index >= 15 is 0 Å². The fourth-order valence-electron chi connectivity index (χ4n) is 3.94. The van der Waals surface area contributed by atoms with Crippen LogP contribution in [0.2, 0.25) is 0 Å². The Bertz CT molecular complexity index is 423. The molecule has 4 heteroatoms. The molecule has 0 radical (unpaired) electrons. The van der Waals surface area contributed by atoms with Gasteiger partial charge in [0.15, 0.2) is 0 Å². The van der Waals surface area contributed by atoms with Crippen molar-refractivity contribution in [2.75, 3.05) is 13.1 Å². The highest BCUT2D eigenvalue weighted by Crippen LogP contribution is 2.49. The predicted molar refractivity (Wildman–Crippen MR) is 70.3 cm³/mol. The van der Waals surface area contributed by atoms with Crippen LogP contribution < -0.4 is 0 Å². The first-order chi connectivity index (χ1) is 9.08. The molecular formula is C15H21NO3. The van der Waals surface area contributed by atoms with Crippen molar-refractivity contribution < 1.29 is 14.7 Å². The van der Waals surface area contributed by atoms with Crippen LogP contribution in [0.5, 0.6) is 0 Å². The Morgan fingerprint density at radius 1 is 1.11 bits per heavy atom. The zero-order valence-corrected chi connectivity index (χ0v) is 11.3. The van der Waals surface area contributed by atoms with Gasteiger partial charge >= 0.3 is 5.97 Å². The van der Waals surface area contributed by atoms with E-state index in [1.165, 1.54) is 0 Å². The fourth-order valence-corrected chi connectivity index (χ4v) is 3.94. The summed E-state index contributed by atoms with van der Waals surface area (Å²) in [4.78, 5) is 26.0. The monoisotopic (exact) mass is 263 g/mol. The molecule has 1 heterocycles. The number of rotatable bonds is 2. The van der Waals surface area contributed by atoms with Gasteiger partial charge in [0.25, 0.3) is 0 Å². The minimum Gasteiger partial charge on any atom is -0.481 e. The maximum atomic E-state index is 12.6. The van der Waals surface area contributed by atoms with Crippen molar-refractivity contribution in [1.82, 2.24) is 4.90 Å². The summed E-state index contributed by atoms with van der Waals surface area (Å²) < 4.78 is 0. The maximum absolute atomic E-state index is 12.6. The standard InChI is InChI=1S/C15H21NO3/c1-9-4-6-16(7-5-9)14(17)12-10-2-3-11(8-10)13(12)15(18)19/h2-3,9-13H,4-8H2,1H3,(H,18,19)/t10-,11-,12-,13-/m0/s1.